The number of hydrogen-bond donors (Lipinski definition) is 1. The smallest absolute Gasteiger partial charge is 0.232 e. The molecule has 0 aromatic rings. The molecule has 0 saturated carbocycles. The molecular weight excluding hydrogens is 164 g/mol. The predicted octanol–water partition coefficient (Wildman–Crippen LogP) is -0.192. The van der Waals surface area contributed by atoms with Crippen molar-refractivity contribution >= 4 is 23.9 Å². The van der Waals surface area contributed by atoms with Crippen LogP contribution in [0.25, 0.3) is 0 Å². The highest BCUT2D eigenvalue weighted by Gasteiger charge is 2.30. The summed E-state index contributed by atoms with van der Waals surface area (Å²) in [6.07, 6.45) is 1.54. The van der Waals surface area contributed by atoms with Crippen LogP contribution in [-0.4, -0.2) is 29.9 Å². The number of oxime groups is 1. The number of rotatable bonds is 0. The van der Waals surface area contributed by atoms with Crippen LogP contribution in [-0.2, 0) is 9.63 Å². The van der Waals surface area contributed by atoms with E-state index >= 15 is 0 Å². The Bertz CT molecular complexity index is 207. The van der Waals surface area contributed by atoms with Crippen LogP contribution in [0.3, 0.4) is 0 Å². The fourth-order valence-electron chi connectivity index (χ4n) is 1.09. The Morgan fingerprint density at radius 3 is 3.64 bits per heavy atom. The Balaban J connectivity index is 2.07. The number of nitrogens with one attached hydrogen (secondary N) is 1. The van der Waals surface area contributed by atoms with Crippen molar-refractivity contribution in [2.75, 3.05) is 11.5 Å². The van der Waals surface area contributed by atoms with Crippen LogP contribution in [0.4, 0.5) is 0 Å². The van der Waals surface area contributed by atoms with Gasteiger partial charge in [0.05, 0.1) is 17.9 Å². The van der Waals surface area contributed by atoms with Gasteiger partial charge in [-0.15, -0.1) is 0 Å². The van der Waals surface area contributed by atoms with Gasteiger partial charge < -0.3 is 10.2 Å². The summed E-state index contributed by atoms with van der Waals surface area (Å²) in [6.45, 7) is 0. The third-order valence-corrected chi connectivity index (χ3v) is 2.75. The van der Waals surface area contributed by atoms with E-state index in [2.05, 4.69) is 10.5 Å². The normalized spacial score (nSPS) is 35.5. The SMILES string of the molecule is O=C1CSCC2C=NOC2N1. The van der Waals surface area contributed by atoms with Crippen molar-refractivity contribution in [1.29, 1.82) is 0 Å². The lowest BCUT2D eigenvalue weighted by Gasteiger charge is -2.11. The van der Waals surface area contributed by atoms with Crippen LogP contribution < -0.4 is 5.32 Å². The summed E-state index contributed by atoms with van der Waals surface area (Å²) in [5.41, 5.74) is 0. The number of carbonyl (C=O) groups excluding carboxylic acids is 1. The number of hydrogen-bond acceptors (Lipinski definition) is 4. The summed E-state index contributed by atoms with van der Waals surface area (Å²) in [4.78, 5) is 15.9. The molecule has 1 saturated heterocycles. The molecular formula is C6H8N2O2S. The first-order valence-corrected chi connectivity index (χ1v) is 4.58. The minimum atomic E-state index is -0.211. The molecule has 5 heteroatoms. The number of fused-ring (bicyclic) bond motifs is 1. The average Bonchev–Trinajstić information content (AvgIpc) is 2.31. The van der Waals surface area contributed by atoms with E-state index in [0.29, 0.717) is 5.75 Å². The van der Waals surface area contributed by atoms with Crippen LogP contribution in [0.15, 0.2) is 5.16 Å². The summed E-state index contributed by atoms with van der Waals surface area (Å²) in [5.74, 6) is 1.73. The Morgan fingerprint density at radius 1 is 1.82 bits per heavy atom. The van der Waals surface area contributed by atoms with Gasteiger partial charge in [-0.3, -0.25) is 4.79 Å². The lowest BCUT2D eigenvalue weighted by atomic mass is 10.2. The van der Waals surface area contributed by atoms with Crippen molar-refractivity contribution in [3.8, 4) is 0 Å². The van der Waals surface area contributed by atoms with E-state index in [1.54, 1.807) is 18.0 Å². The van der Waals surface area contributed by atoms with Gasteiger partial charge in [-0.25, -0.2) is 0 Å². The maximum Gasteiger partial charge on any atom is 0.232 e. The summed E-state index contributed by atoms with van der Waals surface area (Å²) >= 11 is 1.62. The van der Waals surface area contributed by atoms with E-state index in [4.69, 9.17) is 4.84 Å². The minimum absolute atomic E-state index is 0.0352. The maximum atomic E-state index is 11.0. The molecule has 1 amide bonds. The van der Waals surface area contributed by atoms with Gasteiger partial charge in [-0.1, -0.05) is 5.16 Å². The lowest BCUT2D eigenvalue weighted by molar-refractivity contribution is -0.122. The highest BCUT2D eigenvalue weighted by Crippen LogP contribution is 2.19. The molecule has 2 rings (SSSR count). The molecule has 1 fully saturated rings. The molecule has 0 radical (unpaired) electrons. The molecule has 0 aromatic heterocycles. The van der Waals surface area contributed by atoms with Crippen molar-refractivity contribution in [3.63, 3.8) is 0 Å². The highest BCUT2D eigenvalue weighted by molar-refractivity contribution is 8.00. The fourth-order valence-corrected chi connectivity index (χ4v) is 2.01. The molecule has 0 aliphatic carbocycles. The number of carbonyl (C=O) groups is 1. The Hall–Kier alpha value is -0.710. The molecule has 1 N–H and O–H groups in total. The third-order valence-electron chi connectivity index (χ3n) is 1.66. The highest BCUT2D eigenvalue weighted by atomic mass is 32.2. The van der Waals surface area contributed by atoms with Gasteiger partial charge in [-0.2, -0.15) is 11.8 Å². The van der Waals surface area contributed by atoms with Gasteiger partial charge in [0, 0.05) is 5.75 Å². The van der Waals surface area contributed by atoms with Gasteiger partial charge in [0.25, 0.3) is 0 Å². The summed E-state index contributed by atoms with van der Waals surface area (Å²) in [6, 6.07) is 0. The molecule has 0 aromatic carbocycles. The van der Waals surface area contributed by atoms with E-state index in [1.807, 2.05) is 0 Å². The number of thioether (sulfide) groups is 1. The zero-order valence-electron chi connectivity index (χ0n) is 5.82. The predicted molar refractivity (Wildman–Crippen MR) is 42.3 cm³/mol. The molecule has 2 heterocycles. The van der Waals surface area contributed by atoms with E-state index < -0.39 is 0 Å². The van der Waals surface area contributed by atoms with Crippen LogP contribution in [0, 0.1) is 5.92 Å². The average molecular weight is 172 g/mol. The number of nitrogens with zero attached hydrogens (tertiary/aromatic N) is 1. The van der Waals surface area contributed by atoms with Gasteiger partial charge in [0.15, 0.2) is 0 Å². The summed E-state index contributed by atoms with van der Waals surface area (Å²) in [5, 5.41) is 6.38. The molecule has 0 spiro atoms. The molecule has 2 aliphatic rings. The summed E-state index contributed by atoms with van der Waals surface area (Å²) in [7, 11) is 0. The zero-order chi connectivity index (χ0) is 7.68. The van der Waals surface area contributed by atoms with Gasteiger partial charge >= 0.3 is 0 Å². The largest absolute Gasteiger partial charge is 0.370 e. The Kier molecular flexibility index (Phi) is 1.73. The van der Waals surface area contributed by atoms with Crippen molar-refractivity contribution in [1.82, 2.24) is 5.32 Å². The monoisotopic (exact) mass is 172 g/mol. The molecule has 11 heavy (non-hydrogen) atoms. The Morgan fingerprint density at radius 2 is 2.73 bits per heavy atom. The quantitative estimate of drug-likeness (QED) is 0.551. The minimum Gasteiger partial charge on any atom is -0.370 e. The molecule has 2 aliphatic heterocycles. The van der Waals surface area contributed by atoms with E-state index in [9.17, 15) is 4.79 Å². The van der Waals surface area contributed by atoms with Crippen LogP contribution in [0.1, 0.15) is 0 Å². The van der Waals surface area contributed by atoms with E-state index in [0.717, 1.165) is 5.75 Å². The second kappa shape index (κ2) is 2.73. The second-order valence-corrected chi connectivity index (χ2v) is 3.56. The van der Waals surface area contributed by atoms with Crippen LogP contribution in [0.5, 0.6) is 0 Å². The maximum absolute atomic E-state index is 11.0. The van der Waals surface area contributed by atoms with Crippen LogP contribution in [0.2, 0.25) is 0 Å². The topological polar surface area (TPSA) is 50.7 Å². The van der Waals surface area contributed by atoms with E-state index in [-0.39, 0.29) is 18.1 Å². The van der Waals surface area contributed by atoms with Crippen molar-refractivity contribution in [2.45, 2.75) is 6.23 Å². The zero-order valence-corrected chi connectivity index (χ0v) is 6.63. The van der Waals surface area contributed by atoms with E-state index in [1.165, 1.54) is 0 Å². The molecule has 0 bridgehead atoms. The van der Waals surface area contributed by atoms with Gasteiger partial charge in [0.2, 0.25) is 12.1 Å². The van der Waals surface area contributed by atoms with Crippen LogP contribution >= 0.6 is 11.8 Å². The molecule has 60 valence electrons. The molecule has 2 unspecified atom stereocenters. The van der Waals surface area contributed by atoms with Gasteiger partial charge in [-0.05, 0) is 0 Å². The number of amides is 1. The first kappa shape index (κ1) is 6.97. The van der Waals surface area contributed by atoms with Crippen molar-refractivity contribution in [3.05, 3.63) is 0 Å². The third kappa shape index (κ3) is 1.33. The Labute approximate surface area is 68.3 Å². The van der Waals surface area contributed by atoms with Gasteiger partial charge in [0.1, 0.15) is 0 Å². The molecule has 2 atom stereocenters. The fraction of sp³-hybridized carbons (Fsp3) is 0.667. The second-order valence-electron chi connectivity index (χ2n) is 2.53. The van der Waals surface area contributed by atoms with Crippen molar-refractivity contribution in [2.24, 2.45) is 11.1 Å². The molecule has 4 nitrogen and oxygen atoms in total. The first-order chi connectivity index (χ1) is 5.36. The first-order valence-electron chi connectivity index (χ1n) is 3.43. The summed E-state index contributed by atoms with van der Waals surface area (Å²) < 4.78 is 0. The van der Waals surface area contributed by atoms with Crippen molar-refractivity contribution < 1.29 is 9.63 Å². The lowest BCUT2D eigenvalue weighted by Crippen LogP contribution is -2.38. The standard InChI is InChI=1S/C6H8N2O2S/c9-5-3-11-2-4-1-7-10-6(4)8-5/h1,4,6H,2-3H2,(H,8,9).